The second-order valence-electron chi connectivity index (χ2n) is 5.19. The van der Waals surface area contributed by atoms with Gasteiger partial charge in [-0.25, -0.2) is 4.39 Å². The Hall–Kier alpha value is -0.940. The molecule has 0 radical (unpaired) electrons. The van der Waals surface area contributed by atoms with Crippen LogP contribution in [0.5, 0.6) is 0 Å². The molecule has 1 unspecified atom stereocenters. The number of nitrogens with zero attached hydrogens (tertiary/aromatic N) is 1. The Balaban J connectivity index is 1.78. The van der Waals surface area contributed by atoms with Crippen molar-refractivity contribution in [3.05, 3.63) is 34.1 Å². The summed E-state index contributed by atoms with van der Waals surface area (Å²) in [6.07, 6.45) is 2.77. The van der Waals surface area contributed by atoms with Crippen LogP contribution in [0.15, 0.2) is 22.7 Å². The summed E-state index contributed by atoms with van der Waals surface area (Å²) in [6.45, 7) is 4.46. The molecule has 1 aromatic rings. The van der Waals surface area contributed by atoms with Gasteiger partial charge in [-0.2, -0.15) is 0 Å². The van der Waals surface area contributed by atoms with Gasteiger partial charge in [-0.05, 0) is 53.4 Å². The number of nitrogens with one attached hydrogen (secondary N) is 1. The van der Waals surface area contributed by atoms with Crippen molar-refractivity contribution >= 4 is 21.8 Å². The van der Waals surface area contributed by atoms with Crippen LogP contribution in [0.25, 0.3) is 0 Å². The fourth-order valence-corrected chi connectivity index (χ4v) is 2.82. The topological polar surface area (TPSA) is 32.3 Å². The Morgan fingerprint density at radius 1 is 1.45 bits per heavy atom. The van der Waals surface area contributed by atoms with Crippen molar-refractivity contribution in [2.75, 3.05) is 19.6 Å². The summed E-state index contributed by atoms with van der Waals surface area (Å²) < 4.78 is 13.6. The average Bonchev–Trinajstić information content (AvgIpc) is 2.95. The van der Waals surface area contributed by atoms with Gasteiger partial charge in [0.1, 0.15) is 5.82 Å². The van der Waals surface area contributed by atoms with Crippen LogP contribution in [0.3, 0.4) is 0 Å². The van der Waals surface area contributed by atoms with E-state index in [1.165, 1.54) is 6.07 Å². The Labute approximate surface area is 127 Å². The molecule has 5 heteroatoms. The molecule has 1 amide bonds. The van der Waals surface area contributed by atoms with E-state index in [2.05, 4.69) is 21.2 Å². The molecule has 1 aromatic carbocycles. The van der Waals surface area contributed by atoms with Crippen molar-refractivity contribution < 1.29 is 9.18 Å². The lowest BCUT2D eigenvalue weighted by Crippen LogP contribution is -2.31. The molecule has 2 rings (SSSR count). The van der Waals surface area contributed by atoms with E-state index in [0.29, 0.717) is 17.4 Å². The van der Waals surface area contributed by atoms with E-state index in [-0.39, 0.29) is 17.8 Å². The highest BCUT2D eigenvalue weighted by Gasteiger charge is 2.17. The standard InChI is InChI=1S/C15H20BrFN2O/c1-11(12-4-5-14(17)13(16)10-12)18-7-6-15(20)19-8-2-3-9-19/h4-5,10-11,18H,2-3,6-9H2,1H3. The van der Waals surface area contributed by atoms with Gasteiger partial charge in [0.15, 0.2) is 0 Å². The Morgan fingerprint density at radius 3 is 2.80 bits per heavy atom. The van der Waals surface area contributed by atoms with Gasteiger partial charge in [-0.15, -0.1) is 0 Å². The second-order valence-corrected chi connectivity index (χ2v) is 6.04. The smallest absolute Gasteiger partial charge is 0.223 e. The summed E-state index contributed by atoms with van der Waals surface area (Å²) in [6, 6.07) is 5.08. The van der Waals surface area contributed by atoms with Crippen LogP contribution >= 0.6 is 15.9 Å². The third-order valence-electron chi connectivity index (χ3n) is 3.69. The third-order valence-corrected chi connectivity index (χ3v) is 4.30. The summed E-state index contributed by atoms with van der Waals surface area (Å²) in [5.41, 5.74) is 1.01. The molecule has 1 aliphatic rings. The predicted octanol–water partition coefficient (Wildman–Crippen LogP) is 3.25. The van der Waals surface area contributed by atoms with Crippen molar-refractivity contribution in [3.8, 4) is 0 Å². The van der Waals surface area contributed by atoms with E-state index in [1.54, 1.807) is 12.1 Å². The fraction of sp³-hybridized carbons (Fsp3) is 0.533. The minimum Gasteiger partial charge on any atom is -0.343 e. The van der Waals surface area contributed by atoms with Gasteiger partial charge in [0.2, 0.25) is 5.91 Å². The molecular formula is C15H20BrFN2O. The second kappa shape index (κ2) is 7.18. The van der Waals surface area contributed by atoms with Gasteiger partial charge in [0.25, 0.3) is 0 Å². The zero-order valence-electron chi connectivity index (χ0n) is 11.7. The molecule has 20 heavy (non-hydrogen) atoms. The van der Waals surface area contributed by atoms with Crippen LogP contribution in [-0.4, -0.2) is 30.4 Å². The van der Waals surface area contributed by atoms with E-state index >= 15 is 0 Å². The maximum absolute atomic E-state index is 13.2. The summed E-state index contributed by atoms with van der Waals surface area (Å²) in [5, 5.41) is 3.31. The number of carbonyl (C=O) groups excluding carboxylic acids is 1. The Bertz CT molecular complexity index is 475. The number of hydrogen-bond acceptors (Lipinski definition) is 2. The summed E-state index contributed by atoms with van der Waals surface area (Å²) in [5.74, 6) is -0.0346. The van der Waals surface area contributed by atoms with Gasteiger partial charge in [0, 0.05) is 32.1 Å². The number of hydrogen-bond donors (Lipinski definition) is 1. The first-order valence-electron chi connectivity index (χ1n) is 7.04. The average molecular weight is 343 g/mol. The van der Waals surface area contributed by atoms with Gasteiger partial charge in [-0.3, -0.25) is 4.79 Å². The van der Waals surface area contributed by atoms with Crippen LogP contribution in [-0.2, 0) is 4.79 Å². The molecule has 0 spiro atoms. The highest BCUT2D eigenvalue weighted by atomic mass is 79.9. The number of carbonyl (C=O) groups is 1. The van der Waals surface area contributed by atoms with E-state index < -0.39 is 0 Å². The molecule has 0 saturated carbocycles. The third kappa shape index (κ3) is 4.03. The molecule has 0 bridgehead atoms. The fourth-order valence-electron chi connectivity index (χ4n) is 2.42. The molecule has 1 saturated heterocycles. The first kappa shape index (κ1) is 15.4. The highest BCUT2D eigenvalue weighted by molar-refractivity contribution is 9.10. The molecule has 1 fully saturated rings. The first-order valence-corrected chi connectivity index (χ1v) is 7.83. The van der Waals surface area contributed by atoms with Crippen molar-refractivity contribution in [2.24, 2.45) is 0 Å². The quantitative estimate of drug-likeness (QED) is 0.890. The van der Waals surface area contributed by atoms with Crippen LogP contribution in [0.2, 0.25) is 0 Å². The van der Waals surface area contributed by atoms with Crippen LogP contribution in [0, 0.1) is 5.82 Å². The van der Waals surface area contributed by atoms with E-state index in [4.69, 9.17) is 0 Å². The van der Waals surface area contributed by atoms with Crippen molar-refractivity contribution in [2.45, 2.75) is 32.2 Å². The van der Waals surface area contributed by atoms with Gasteiger partial charge in [0.05, 0.1) is 4.47 Å². The maximum atomic E-state index is 13.2. The number of amides is 1. The number of rotatable bonds is 5. The van der Waals surface area contributed by atoms with E-state index in [9.17, 15) is 9.18 Å². The number of likely N-dealkylation sites (tertiary alicyclic amines) is 1. The Morgan fingerprint density at radius 2 is 2.15 bits per heavy atom. The molecule has 1 N–H and O–H groups in total. The minimum absolute atomic E-state index is 0.0956. The minimum atomic E-state index is -0.259. The van der Waals surface area contributed by atoms with Gasteiger partial charge < -0.3 is 10.2 Å². The van der Waals surface area contributed by atoms with E-state index in [1.807, 2.05) is 11.8 Å². The molecule has 0 aromatic heterocycles. The maximum Gasteiger partial charge on any atom is 0.223 e. The van der Waals surface area contributed by atoms with Gasteiger partial charge in [-0.1, -0.05) is 6.07 Å². The number of benzene rings is 1. The molecule has 1 heterocycles. The van der Waals surface area contributed by atoms with Gasteiger partial charge >= 0.3 is 0 Å². The zero-order valence-corrected chi connectivity index (χ0v) is 13.2. The normalized spacial score (nSPS) is 16.4. The largest absolute Gasteiger partial charge is 0.343 e. The predicted molar refractivity (Wildman–Crippen MR) is 80.9 cm³/mol. The monoisotopic (exact) mass is 342 g/mol. The lowest BCUT2D eigenvalue weighted by molar-refractivity contribution is -0.130. The van der Waals surface area contributed by atoms with Crippen LogP contribution in [0.1, 0.15) is 37.8 Å². The molecule has 110 valence electrons. The molecule has 1 atom stereocenters. The number of halogens is 2. The molecular weight excluding hydrogens is 323 g/mol. The van der Waals surface area contributed by atoms with Crippen molar-refractivity contribution in [3.63, 3.8) is 0 Å². The van der Waals surface area contributed by atoms with Crippen LogP contribution in [0.4, 0.5) is 4.39 Å². The summed E-state index contributed by atoms with van der Waals surface area (Å²) >= 11 is 3.19. The van der Waals surface area contributed by atoms with Crippen molar-refractivity contribution in [1.29, 1.82) is 0 Å². The first-order chi connectivity index (χ1) is 9.58. The highest BCUT2D eigenvalue weighted by Crippen LogP contribution is 2.21. The SMILES string of the molecule is CC(NCCC(=O)N1CCCC1)c1ccc(F)c(Br)c1. The zero-order chi connectivity index (χ0) is 14.5. The molecule has 3 nitrogen and oxygen atoms in total. The lowest BCUT2D eigenvalue weighted by Gasteiger charge is -2.18. The molecule has 0 aliphatic carbocycles. The summed E-state index contributed by atoms with van der Waals surface area (Å²) in [7, 11) is 0. The van der Waals surface area contributed by atoms with E-state index in [0.717, 1.165) is 31.5 Å². The lowest BCUT2D eigenvalue weighted by atomic mass is 10.1. The Kier molecular flexibility index (Phi) is 5.54. The summed E-state index contributed by atoms with van der Waals surface area (Å²) in [4.78, 5) is 13.8. The molecule has 1 aliphatic heterocycles. The van der Waals surface area contributed by atoms with Crippen molar-refractivity contribution in [1.82, 2.24) is 10.2 Å². The van der Waals surface area contributed by atoms with Crippen LogP contribution < -0.4 is 5.32 Å².